The molecule has 10 heteroatoms. The number of aromatic nitrogens is 1. The molecule has 2 fully saturated rings. The lowest BCUT2D eigenvalue weighted by atomic mass is 9.95. The molecule has 0 bridgehead atoms. The monoisotopic (exact) mass is 569 g/mol. The minimum absolute atomic E-state index is 0.128. The first-order valence-corrected chi connectivity index (χ1v) is 14.6. The first-order valence-electron chi connectivity index (χ1n) is 13.7. The van der Waals surface area contributed by atoms with Crippen molar-refractivity contribution in [3.05, 3.63) is 95.0 Å². The number of carbonyl (C=O) groups is 3. The summed E-state index contributed by atoms with van der Waals surface area (Å²) in [5.41, 5.74) is 5.36. The van der Waals surface area contributed by atoms with Gasteiger partial charge in [-0.25, -0.2) is 9.78 Å². The number of urea groups is 1. The van der Waals surface area contributed by atoms with E-state index in [-0.39, 0.29) is 49.0 Å². The maximum absolute atomic E-state index is 14.1. The molecule has 9 nitrogen and oxygen atoms in total. The van der Waals surface area contributed by atoms with E-state index in [0.717, 1.165) is 26.9 Å². The molecule has 4 amide bonds. The zero-order chi connectivity index (χ0) is 28.5. The predicted molar refractivity (Wildman–Crippen MR) is 156 cm³/mol. The van der Waals surface area contributed by atoms with Gasteiger partial charge in [0.2, 0.25) is 11.8 Å². The van der Waals surface area contributed by atoms with Gasteiger partial charge in [0.05, 0.1) is 22.3 Å². The maximum atomic E-state index is 14.1. The molecule has 4 aromatic rings. The van der Waals surface area contributed by atoms with Crippen molar-refractivity contribution in [2.75, 3.05) is 6.54 Å². The Morgan fingerprint density at radius 3 is 2.59 bits per heavy atom. The number of carbonyl (C=O) groups excluding carboxylic acids is 3. The predicted octanol–water partition coefficient (Wildman–Crippen LogP) is 4.11. The van der Waals surface area contributed by atoms with Crippen molar-refractivity contribution in [2.45, 2.75) is 51.1 Å². The Balaban J connectivity index is 1.33. The normalized spacial score (nSPS) is 20.8. The van der Waals surface area contributed by atoms with Crippen LogP contribution in [-0.2, 0) is 29.1 Å². The summed E-state index contributed by atoms with van der Waals surface area (Å²) in [6.07, 6.45) is -0.226. The maximum Gasteiger partial charge on any atom is 0.319 e. The molecule has 2 saturated heterocycles. The highest BCUT2D eigenvalue weighted by Gasteiger charge is 2.50. The van der Waals surface area contributed by atoms with Crippen LogP contribution in [0.2, 0.25) is 0 Å². The van der Waals surface area contributed by atoms with Gasteiger partial charge < -0.3 is 20.2 Å². The van der Waals surface area contributed by atoms with Crippen LogP contribution >= 0.6 is 11.3 Å². The van der Waals surface area contributed by atoms with Gasteiger partial charge in [0.25, 0.3) is 0 Å². The van der Waals surface area contributed by atoms with E-state index in [1.54, 1.807) is 55.8 Å². The fraction of sp³-hybridized carbons (Fsp3) is 0.290. The minimum Gasteiger partial charge on any atom is -0.508 e. The summed E-state index contributed by atoms with van der Waals surface area (Å²) >= 11 is 1.55. The standard InChI is InChI=1S/C31H31N5O4S/c1-20-14-28(38)36-25(15-21-10-12-24(37)13-11-21)30(39)34(17-23-8-5-9-26-29(23)33-19-41-26)18-27(36)35(20)31(40)32-16-22-6-3-2-4-7-22/h2-13,19-20,25,27,37H,14-18H2,1H3,(H,32,40)/t20-,25+,27-/m1/s1. The van der Waals surface area contributed by atoms with Crippen LogP contribution in [0.25, 0.3) is 10.2 Å². The zero-order valence-corrected chi connectivity index (χ0v) is 23.5. The number of phenols is 1. The number of nitrogens with zero attached hydrogens (tertiary/aromatic N) is 4. The van der Waals surface area contributed by atoms with Crippen LogP contribution in [0.15, 0.2) is 78.3 Å². The summed E-state index contributed by atoms with van der Waals surface area (Å²) in [7, 11) is 0. The molecule has 210 valence electrons. The molecule has 3 heterocycles. The molecule has 41 heavy (non-hydrogen) atoms. The van der Waals surface area contributed by atoms with Gasteiger partial charge in [-0.3, -0.25) is 14.5 Å². The SMILES string of the molecule is C[C@@H]1CC(=O)N2[C@H](CN(Cc3cccc4scnc34)C(=O)[C@@H]2Cc2ccc(O)cc2)N1C(=O)NCc1ccccc1. The molecule has 2 N–H and O–H groups in total. The number of phenolic OH excluding ortho intramolecular Hbond substituents is 1. The summed E-state index contributed by atoms with van der Waals surface area (Å²) in [6.45, 7) is 2.75. The first kappa shape index (κ1) is 26.8. The van der Waals surface area contributed by atoms with Gasteiger partial charge in [-0.1, -0.05) is 54.6 Å². The van der Waals surface area contributed by atoms with Crippen molar-refractivity contribution < 1.29 is 19.5 Å². The molecule has 0 saturated carbocycles. The molecular weight excluding hydrogens is 538 g/mol. The number of para-hydroxylation sites is 1. The van der Waals surface area contributed by atoms with E-state index in [1.165, 1.54) is 0 Å². The Labute approximate surface area is 242 Å². The highest BCUT2D eigenvalue weighted by molar-refractivity contribution is 7.16. The van der Waals surface area contributed by atoms with Crippen LogP contribution in [0.3, 0.4) is 0 Å². The summed E-state index contributed by atoms with van der Waals surface area (Å²) in [5.74, 6) is -0.189. The van der Waals surface area contributed by atoms with E-state index in [1.807, 2.05) is 55.5 Å². The molecule has 0 radical (unpaired) electrons. The number of amides is 4. The Bertz CT molecular complexity index is 1570. The van der Waals surface area contributed by atoms with Gasteiger partial charge in [0.1, 0.15) is 18.0 Å². The van der Waals surface area contributed by atoms with Crippen molar-refractivity contribution in [1.82, 2.24) is 25.0 Å². The van der Waals surface area contributed by atoms with E-state index in [9.17, 15) is 19.5 Å². The topological polar surface area (TPSA) is 106 Å². The number of aromatic hydroxyl groups is 1. The van der Waals surface area contributed by atoms with Gasteiger partial charge in [-0.2, -0.15) is 0 Å². The highest BCUT2D eigenvalue weighted by Crippen LogP contribution is 2.32. The lowest BCUT2D eigenvalue weighted by Gasteiger charge is -2.54. The number of rotatable bonds is 6. The highest BCUT2D eigenvalue weighted by atomic mass is 32.1. The molecule has 0 aliphatic carbocycles. The molecule has 2 aliphatic heterocycles. The number of hydrogen-bond acceptors (Lipinski definition) is 6. The number of thiazole rings is 1. The van der Waals surface area contributed by atoms with Crippen LogP contribution in [0, 0.1) is 0 Å². The van der Waals surface area contributed by atoms with Crippen molar-refractivity contribution in [2.24, 2.45) is 0 Å². The fourth-order valence-corrected chi connectivity index (χ4v) is 6.61. The molecule has 3 atom stereocenters. The Morgan fingerprint density at radius 1 is 1.02 bits per heavy atom. The lowest BCUT2D eigenvalue weighted by molar-refractivity contribution is -0.170. The Morgan fingerprint density at radius 2 is 1.80 bits per heavy atom. The van der Waals surface area contributed by atoms with Crippen molar-refractivity contribution in [3.63, 3.8) is 0 Å². The van der Waals surface area contributed by atoms with Crippen LogP contribution < -0.4 is 5.32 Å². The van der Waals surface area contributed by atoms with Crippen molar-refractivity contribution in [3.8, 4) is 5.75 Å². The van der Waals surface area contributed by atoms with Crippen molar-refractivity contribution >= 4 is 39.4 Å². The van der Waals surface area contributed by atoms with E-state index < -0.39 is 12.2 Å². The van der Waals surface area contributed by atoms with Gasteiger partial charge in [-0.05, 0) is 41.8 Å². The quantitative estimate of drug-likeness (QED) is 0.364. The summed E-state index contributed by atoms with van der Waals surface area (Å²) in [5, 5.41) is 12.8. The largest absolute Gasteiger partial charge is 0.508 e. The number of hydrogen-bond donors (Lipinski definition) is 2. The van der Waals surface area contributed by atoms with Gasteiger partial charge in [-0.15, -0.1) is 11.3 Å². The summed E-state index contributed by atoms with van der Waals surface area (Å²) < 4.78 is 1.04. The molecule has 0 spiro atoms. The van der Waals surface area contributed by atoms with Gasteiger partial charge >= 0.3 is 6.03 Å². The van der Waals surface area contributed by atoms with Crippen LogP contribution in [-0.4, -0.2) is 67.4 Å². The van der Waals surface area contributed by atoms with Crippen LogP contribution in [0.1, 0.15) is 30.0 Å². The Hall–Kier alpha value is -4.44. The molecule has 2 aliphatic rings. The number of fused-ring (bicyclic) bond motifs is 2. The second-order valence-corrected chi connectivity index (χ2v) is 11.5. The summed E-state index contributed by atoms with van der Waals surface area (Å²) in [4.78, 5) is 50.9. The van der Waals surface area contributed by atoms with Crippen LogP contribution in [0.4, 0.5) is 4.79 Å². The lowest BCUT2D eigenvalue weighted by Crippen LogP contribution is -2.73. The Kier molecular flexibility index (Phi) is 7.32. The number of nitrogens with one attached hydrogen (secondary N) is 1. The third-order valence-electron chi connectivity index (χ3n) is 7.88. The first-order chi connectivity index (χ1) is 19.9. The zero-order valence-electron chi connectivity index (χ0n) is 22.6. The molecule has 0 unspecified atom stereocenters. The fourth-order valence-electron chi connectivity index (χ4n) is 5.89. The average molecular weight is 570 g/mol. The second-order valence-electron chi connectivity index (χ2n) is 10.6. The smallest absolute Gasteiger partial charge is 0.319 e. The molecular formula is C31H31N5O4S. The van der Waals surface area contributed by atoms with Crippen LogP contribution in [0.5, 0.6) is 5.75 Å². The average Bonchev–Trinajstić information content (AvgIpc) is 3.46. The second kappa shape index (κ2) is 11.2. The van der Waals surface area contributed by atoms with Gasteiger partial charge in [0, 0.05) is 32.0 Å². The van der Waals surface area contributed by atoms with E-state index in [4.69, 9.17) is 0 Å². The van der Waals surface area contributed by atoms with E-state index in [0.29, 0.717) is 13.1 Å². The van der Waals surface area contributed by atoms with Crippen molar-refractivity contribution in [1.29, 1.82) is 0 Å². The van der Waals surface area contributed by atoms with E-state index in [2.05, 4.69) is 10.3 Å². The molecule has 3 aromatic carbocycles. The molecule has 1 aromatic heterocycles. The van der Waals surface area contributed by atoms with Gasteiger partial charge in [0.15, 0.2) is 0 Å². The third-order valence-corrected chi connectivity index (χ3v) is 8.68. The third kappa shape index (κ3) is 5.35. The van der Waals surface area contributed by atoms with E-state index >= 15 is 0 Å². The molecule has 6 rings (SSSR count). The minimum atomic E-state index is -0.794. The summed E-state index contributed by atoms with van der Waals surface area (Å²) in [6, 6.07) is 20.9. The number of piperazine rings is 1. The number of benzene rings is 3.